The summed E-state index contributed by atoms with van der Waals surface area (Å²) in [6, 6.07) is 5.94. The number of ketones is 1. The number of Topliss-reactive ketones (excluding diaryl/α,β-unsaturated/α-hetero) is 1. The molecule has 0 radical (unpaired) electrons. The standard InChI is InChI=1S/C21H28N2O4S/c1-13(2)10-11-23-19(21(3,4)5)18(24)17(20(23)25)15-12-28(26,27)16-9-7-6-8-14(16)22-15/h6-9,12-13,17,19,22H,10-11H2,1-5H3/t17?,19-/m1/s1. The molecule has 0 spiro atoms. The van der Waals surface area contributed by atoms with E-state index in [0.717, 1.165) is 11.8 Å². The number of amides is 1. The highest BCUT2D eigenvalue weighted by atomic mass is 32.2. The topological polar surface area (TPSA) is 83.6 Å². The lowest BCUT2D eigenvalue weighted by atomic mass is 9.82. The molecule has 3 rings (SSSR count). The maximum Gasteiger partial charge on any atom is 0.239 e. The molecular weight excluding hydrogens is 376 g/mol. The van der Waals surface area contributed by atoms with E-state index < -0.39 is 27.2 Å². The van der Waals surface area contributed by atoms with Crippen molar-refractivity contribution in [2.24, 2.45) is 17.3 Å². The van der Waals surface area contributed by atoms with Gasteiger partial charge in [-0.25, -0.2) is 8.42 Å². The monoisotopic (exact) mass is 404 g/mol. The van der Waals surface area contributed by atoms with E-state index >= 15 is 0 Å². The average molecular weight is 405 g/mol. The third-order valence-corrected chi connectivity index (χ3v) is 6.76. The highest BCUT2D eigenvalue weighted by Gasteiger charge is 2.53. The molecule has 1 aromatic carbocycles. The predicted molar refractivity (Wildman–Crippen MR) is 108 cm³/mol. The zero-order chi connectivity index (χ0) is 20.9. The molecule has 1 amide bonds. The Morgan fingerprint density at radius 3 is 2.39 bits per heavy atom. The minimum Gasteiger partial charge on any atom is -0.356 e. The van der Waals surface area contributed by atoms with E-state index in [4.69, 9.17) is 0 Å². The van der Waals surface area contributed by atoms with Crippen molar-refractivity contribution in [1.29, 1.82) is 0 Å². The SMILES string of the molecule is CC(C)CCN1C(=O)C(C2=CS(=O)(=O)c3ccccc3N2)C(=O)[C@@H]1C(C)(C)C. The van der Waals surface area contributed by atoms with Crippen molar-refractivity contribution in [2.45, 2.75) is 52.0 Å². The Hall–Kier alpha value is -2.15. The fourth-order valence-electron chi connectivity index (χ4n) is 3.92. The van der Waals surface area contributed by atoms with Gasteiger partial charge in [0, 0.05) is 12.2 Å². The van der Waals surface area contributed by atoms with Gasteiger partial charge in [0.05, 0.1) is 22.0 Å². The van der Waals surface area contributed by atoms with Gasteiger partial charge in [0.1, 0.15) is 5.92 Å². The number of carbonyl (C=O) groups excluding carboxylic acids is 2. The van der Waals surface area contributed by atoms with E-state index in [-0.39, 0.29) is 22.3 Å². The van der Waals surface area contributed by atoms with Crippen LogP contribution in [0.3, 0.4) is 0 Å². The van der Waals surface area contributed by atoms with Gasteiger partial charge in [-0.2, -0.15) is 0 Å². The van der Waals surface area contributed by atoms with Gasteiger partial charge in [-0.15, -0.1) is 0 Å². The third kappa shape index (κ3) is 3.60. The zero-order valence-electron chi connectivity index (χ0n) is 17.0. The Labute approximate surface area is 166 Å². The van der Waals surface area contributed by atoms with Gasteiger partial charge >= 0.3 is 0 Å². The maximum atomic E-state index is 13.3. The molecule has 2 aliphatic rings. The van der Waals surface area contributed by atoms with Crippen molar-refractivity contribution >= 4 is 27.2 Å². The van der Waals surface area contributed by atoms with Crippen molar-refractivity contribution < 1.29 is 18.0 Å². The van der Waals surface area contributed by atoms with Crippen molar-refractivity contribution in [1.82, 2.24) is 4.90 Å². The Bertz CT molecular complexity index is 941. The normalized spacial score (nSPS) is 24.2. The van der Waals surface area contributed by atoms with E-state index in [0.29, 0.717) is 18.2 Å². The summed E-state index contributed by atoms with van der Waals surface area (Å²) < 4.78 is 25.4. The summed E-state index contributed by atoms with van der Waals surface area (Å²) in [6.45, 7) is 10.4. The maximum absolute atomic E-state index is 13.3. The summed E-state index contributed by atoms with van der Waals surface area (Å²) in [5, 5.41) is 4.07. The molecule has 28 heavy (non-hydrogen) atoms. The molecule has 0 aromatic heterocycles. The van der Waals surface area contributed by atoms with E-state index in [1.807, 2.05) is 20.8 Å². The zero-order valence-corrected chi connectivity index (χ0v) is 17.8. The number of fused-ring (bicyclic) bond motifs is 1. The lowest BCUT2D eigenvalue weighted by Crippen LogP contribution is -2.45. The molecular formula is C21H28N2O4S. The first-order valence-electron chi connectivity index (χ1n) is 9.60. The molecule has 152 valence electrons. The number of likely N-dealkylation sites (tertiary alicyclic amines) is 1. The highest BCUT2D eigenvalue weighted by Crippen LogP contribution is 2.40. The van der Waals surface area contributed by atoms with E-state index in [1.54, 1.807) is 23.1 Å². The first-order chi connectivity index (χ1) is 12.9. The van der Waals surface area contributed by atoms with Gasteiger partial charge < -0.3 is 10.2 Å². The molecule has 1 saturated heterocycles. The van der Waals surface area contributed by atoms with E-state index in [9.17, 15) is 18.0 Å². The molecule has 2 heterocycles. The number of hydrogen-bond acceptors (Lipinski definition) is 5. The Morgan fingerprint density at radius 1 is 1.14 bits per heavy atom. The number of para-hydroxylation sites is 1. The number of sulfone groups is 1. The number of carbonyl (C=O) groups is 2. The van der Waals surface area contributed by atoms with Crippen LogP contribution in [-0.2, 0) is 19.4 Å². The summed E-state index contributed by atoms with van der Waals surface area (Å²) in [5.74, 6) is -1.28. The lowest BCUT2D eigenvalue weighted by Gasteiger charge is -2.34. The Morgan fingerprint density at radius 2 is 1.79 bits per heavy atom. The van der Waals surface area contributed by atoms with E-state index in [1.165, 1.54) is 6.07 Å². The Kier molecular flexibility index (Phi) is 5.17. The summed E-state index contributed by atoms with van der Waals surface area (Å²) in [7, 11) is -3.72. The van der Waals surface area contributed by atoms with Crippen LogP contribution in [0.5, 0.6) is 0 Å². The summed E-state index contributed by atoms with van der Waals surface area (Å²) in [4.78, 5) is 28.3. The minimum absolute atomic E-state index is 0.148. The second kappa shape index (κ2) is 7.03. The van der Waals surface area contributed by atoms with Crippen molar-refractivity contribution in [2.75, 3.05) is 11.9 Å². The molecule has 1 N–H and O–H groups in total. The molecule has 0 aliphatic carbocycles. The highest BCUT2D eigenvalue weighted by molar-refractivity contribution is 7.94. The second-order valence-electron chi connectivity index (χ2n) is 9.06. The fraction of sp³-hybridized carbons (Fsp3) is 0.524. The van der Waals surface area contributed by atoms with Crippen LogP contribution in [0.15, 0.2) is 40.3 Å². The van der Waals surface area contributed by atoms with Crippen LogP contribution in [0, 0.1) is 17.3 Å². The first kappa shape index (κ1) is 20.6. The average Bonchev–Trinajstić information content (AvgIpc) is 2.82. The van der Waals surface area contributed by atoms with Gasteiger partial charge in [-0.05, 0) is 29.9 Å². The fourth-order valence-corrected chi connectivity index (χ4v) is 5.27. The number of rotatable bonds is 4. The molecule has 2 atom stereocenters. The second-order valence-corrected chi connectivity index (χ2v) is 10.8. The summed E-state index contributed by atoms with van der Waals surface area (Å²) in [6.07, 6.45) is 0.784. The van der Waals surface area contributed by atoms with Crippen LogP contribution >= 0.6 is 0 Å². The van der Waals surface area contributed by atoms with Crippen LogP contribution in [-0.4, -0.2) is 37.6 Å². The first-order valence-corrected chi connectivity index (χ1v) is 11.1. The van der Waals surface area contributed by atoms with Gasteiger partial charge in [0.2, 0.25) is 15.7 Å². The number of nitrogens with one attached hydrogen (secondary N) is 1. The predicted octanol–water partition coefficient (Wildman–Crippen LogP) is 3.22. The minimum atomic E-state index is -3.72. The van der Waals surface area contributed by atoms with Gasteiger partial charge in [0.25, 0.3) is 0 Å². The number of benzene rings is 1. The van der Waals surface area contributed by atoms with E-state index in [2.05, 4.69) is 19.2 Å². The lowest BCUT2D eigenvalue weighted by molar-refractivity contribution is -0.132. The molecule has 1 aromatic rings. The number of hydrogen-bond donors (Lipinski definition) is 1. The van der Waals surface area contributed by atoms with Crippen LogP contribution < -0.4 is 5.32 Å². The van der Waals surface area contributed by atoms with Crippen LogP contribution in [0.25, 0.3) is 0 Å². The summed E-state index contributed by atoms with van der Waals surface area (Å²) in [5.41, 5.74) is 0.105. The van der Waals surface area contributed by atoms with Crippen LogP contribution in [0.2, 0.25) is 0 Å². The van der Waals surface area contributed by atoms with Gasteiger partial charge in [-0.3, -0.25) is 9.59 Å². The molecule has 1 unspecified atom stereocenters. The smallest absolute Gasteiger partial charge is 0.239 e. The molecule has 2 aliphatic heterocycles. The van der Waals surface area contributed by atoms with Crippen molar-refractivity contribution in [3.8, 4) is 0 Å². The van der Waals surface area contributed by atoms with Crippen LogP contribution in [0.4, 0.5) is 5.69 Å². The molecule has 0 bridgehead atoms. The number of nitrogens with zero attached hydrogens (tertiary/aromatic N) is 1. The van der Waals surface area contributed by atoms with Crippen molar-refractivity contribution in [3.05, 3.63) is 35.4 Å². The quantitative estimate of drug-likeness (QED) is 0.779. The van der Waals surface area contributed by atoms with Crippen LogP contribution in [0.1, 0.15) is 41.0 Å². The van der Waals surface area contributed by atoms with Crippen molar-refractivity contribution in [3.63, 3.8) is 0 Å². The summed E-state index contributed by atoms with van der Waals surface area (Å²) >= 11 is 0. The molecule has 6 nitrogen and oxygen atoms in total. The number of anilines is 1. The largest absolute Gasteiger partial charge is 0.356 e. The Balaban J connectivity index is 2.02. The molecule has 1 fully saturated rings. The third-order valence-electron chi connectivity index (χ3n) is 5.23. The molecule has 7 heteroatoms. The molecule has 0 saturated carbocycles. The van der Waals surface area contributed by atoms with Gasteiger partial charge in [-0.1, -0.05) is 46.8 Å². The van der Waals surface area contributed by atoms with Gasteiger partial charge in [0.15, 0.2) is 5.78 Å².